The summed E-state index contributed by atoms with van der Waals surface area (Å²) in [4.78, 5) is 19.0. The predicted molar refractivity (Wildman–Crippen MR) is 82.8 cm³/mol. The minimum Gasteiger partial charge on any atom is -0.393 e. The Morgan fingerprint density at radius 1 is 1.55 bits per heavy atom. The largest absolute Gasteiger partial charge is 0.393 e. The summed E-state index contributed by atoms with van der Waals surface area (Å²) in [6.07, 6.45) is 4.23. The van der Waals surface area contributed by atoms with Gasteiger partial charge in [-0.25, -0.2) is 4.98 Å². The van der Waals surface area contributed by atoms with Gasteiger partial charge in [0.1, 0.15) is 5.82 Å². The van der Waals surface area contributed by atoms with Crippen LogP contribution in [0.4, 0.5) is 5.82 Å². The highest BCUT2D eigenvalue weighted by Crippen LogP contribution is 2.43. The van der Waals surface area contributed by atoms with Crippen molar-refractivity contribution in [1.29, 1.82) is 0 Å². The van der Waals surface area contributed by atoms with Crippen LogP contribution in [0.5, 0.6) is 0 Å². The molecule has 2 heterocycles. The van der Waals surface area contributed by atoms with Gasteiger partial charge in [-0.15, -0.1) is 0 Å². The summed E-state index contributed by atoms with van der Waals surface area (Å²) in [6.45, 7) is 0.655. The number of aromatic nitrogens is 1. The van der Waals surface area contributed by atoms with Crippen molar-refractivity contribution in [3.05, 3.63) is 23.9 Å². The van der Waals surface area contributed by atoms with Gasteiger partial charge in [-0.05, 0) is 37.8 Å². The van der Waals surface area contributed by atoms with Crippen LogP contribution in [0.1, 0.15) is 36.0 Å². The number of amides is 1. The third kappa shape index (κ3) is 2.36. The van der Waals surface area contributed by atoms with E-state index in [0.29, 0.717) is 24.3 Å². The van der Waals surface area contributed by atoms with Crippen LogP contribution in [0.2, 0.25) is 0 Å². The first kappa shape index (κ1) is 15.2. The van der Waals surface area contributed by atoms with Crippen LogP contribution in [0.3, 0.4) is 0 Å². The lowest BCUT2D eigenvalue weighted by Gasteiger charge is -2.42. The van der Waals surface area contributed by atoms with Crippen molar-refractivity contribution in [2.75, 3.05) is 26.0 Å². The molecular formula is C16H23N3O3. The molecule has 6 nitrogen and oxygen atoms in total. The van der Waals surface area contributed by atoms with Crippen molar-refractivity contribution in [2.45, 2.75) is 43.4 Å². The number of anilines is 1. The Bertz CT molecular complexity index is 565. The molecule has 0 unspecified atom stereocenters. The van der Waals surface area contributed by atoms with Gasteiger partial charge in [-0.1, -0.05) is 0 Å². The quantitative estimate of drug-likeness (QED) is 0.879. The lowest BCUT2D eigenvalue weighted by Crippen LogP contribution is -2.52. The standard InChI is InChI=1S/C16H23N3O3/c1-17-14-12(4-3-8-18-14)15(21)19-9-7-16(22-2)6-5-11(20)10-13(16)19/h3-4,8,11,13,20H,5-7,9-10H2,1-2H3,(H,17,18)/t11-,13+,16-/m1/s1. The molecule has 2 N–H and O–H groups in total. The smallest absolute Gasteiger partial charge is 0.257 e. The summed E-state index contributed by atoms with van der Waals surface area (Å²) in [5, 5.41) is 13.0. The van der Waals surface area contributed by atoms with Gasteiger partial charge in [0.25, 0.3) is 5.91 Å². The topological polar surface area (TPSA) is 74.7 Å². The van der Waals surface area contributed by atoms with E-state index in [9.17, 15) is 9.90 Å². The average molecular weight is 305 g/mol. The van der Waals surface area contributed by atoms with Crippen molar-refractivity contribution in [3.63, 3.8) is 0 Å². The predicted octanol–water partition coefficient (Wildman–Crippen LogP) is 1.27. The van der Waals surface area contributed by atoms with Gasteiger partial charge in [0.05, 0.1) is 23.3 Å². The highest BCUT2D eigenvalue weighted by molar-refractivity contribution is 5.99. The number of ether oxygens (including phenoxy) is 1. The first-order valence-electron chi connectivity index (χ1n) is 7.78. The zero-order valence-electron chi connectivity index (χ0n) is 13.1. The van der Waals surface area contributed by atoms with E-state index in [-0.39, 0.29) is 23.7 Å². The van der Waals surface area contributed by atoms with Crippen molar-refractivity contribution in [3.8, 4) is 0 Å². The number of hydrogen-bond acceptors (Lipinski definition) is 5. The molecule has 0 spiro atoms. The van der Waals surface area contributed by atoms with Crippen molar-refractivity contribution >= 4 is 11.7 Å². The number of aliphatic hydroxyl groups excluding tert-OH is 1. The zero-order chi connectivity index (χ0) is 15.7. The molecule has 22 heavy (non-hydrogen) atoms. The lowest BCUT2D eigenvalue weighted by atomic mass is 9.79. The number of pyridine rings is 1. The second-order valence-electron chi connectivity index (χ2n) is 6.11. The Balaban J connectivity index is 1.90. The zero-order valence-corrected chi connectivity index (χ0v) is 13.1. The normalized spacial score (nSPS) is 31.0. The van der Waals surface area contributed by atoms with E-state index >= 15 is 0 Å². The van der Waals surface area contributed by atoms with Crippen LogP contribution in [0, 0.1) is 0 Å². The van der Waals surface area contributed by atoms with Crippen LogP contribution in [-0.4, -0.2) is 59.3 Å². The molecule has 2 fully saturated rings. The number of fused-ring (bicyclic) bond motifs is 1. The molecule has 1 amide bonds. The molecule has 0 radical (unpaired) electrons. The molecule has 3 rings (SSSR count). The number of rotatable bonds is 3. The summed E-state index contributed by atoms with van der Waals surface area (Å²) in [5.74, 6) is 0.536. The molecule has 6 heteroatoms. The van der Waals surface area contributed by atoms with E-state index < -0.39 is 0 Å². The van der Waals surface area contributed by atoms with Crippen molar-refractivity contribution in [1.82, 2.24) is 9.88 Å². The number of carbonyl (C=O) groups is 1. The average Bonchev–Trinajstić information content (AvgIpc) is 2.93. The molecule has 1 aliphatic heterocycles. The molecule has 2 aliphatic rings. The summed E-state index contributed by atoms with van der Waals surface area (Å²) >= 11 is 0. The molecule has 1 aromatic rings. The van der Waals surface area contributed by atoms with Crippen LogP contribution in [0.15, 0.2) is 18.3 Å². The molecule has 1 saturated carbocycles. The van der Waals surface area contributed by atoms with E-state index in [4.69, 9.17) is 4.74 Å². The van der Waals surface area contributed by atoms with E-state index in [1.807, 2.05) is 4.90 Å². The maximum atomic E-state index is 13.0. The van der Waals surface area contributed by atoms with Gasteiger partial charge in [0.2, 0.25) is 0 Å². The highest BCUT2D eigenvalue weighted by Gasteiger charge is 2.52. The molecular weight excluding hydrogens is 282 g/mol. The Hall–Kier alpha value is -1.66. The second-order valence-corrected chi connectivity index (χ2v) is 6.11. The molecule has 3 atom stereocenters. The molecule has 120 valence electrons. The fraction of sp³-hybridized carbons (Fsp3) is 0.625. The number of hydrogen-bond donors (Lipinski definition) is 2. The second kappa shape index (κ2) is 5.85. The summed E-state index contributed by atoms with van der Waals surface area (Å²) in [7, 11) is 3.47. The fourth-order valence-corrected chi connectivity index (χ4v) is 3.85. The van der Waals surface area contributed by atoms with Crippen molar-refractivity contribution in [2.24, 2.45) is 0 Å². The third-order valence-electron chi connectivity index (χ3n) is 5.10. The van der Waals surface area contributed by atoms with Crippen LogP contribution >= 0.6 is 0 Å². The van der Waals surface area contributed by atoms with Crippen molar-refractivity contribution < 1.29 is 14.6 Å². The highest BCUT2D eigenvalue weighted by atomic mass is 16.5. The van der Waals surface area contributed by atoms with Gasteiger partial charge in [-0.3, -0.25) is 4.79 Å². The SMILES string of the molecule is CNc1ncccc1C(=O)N1CC[C@]2(OC)CC[C@@H](O)C[C@H]12. The minimum atomic E-state index is -0.362. The number of aliphatic hydroxyl groups is 1. The number of carbonyl (C=O) groups excluding carboxylic acids is 1. The lowest BCUT2D eigenvalue weighted by molar-refractivity contribution is -0.0824. The number of nitrogens with zero attached hydrogens (tertiary/aromatic N) is 2. The molecule has 1 aromatic heterocycles. The van der Waals surface area contributed by atoms with Gasteiger partial charge in [-0.2, -0.15) is 0 Å². The molecule has 0 aromatic carbocycles. The molecule has 0 bridgehead atoms. The Kier molecular flexibility index (Phi) is 4.06. The first-order chi connectivity index (χ1) is 10.6. The first-order valence-corrected chi connectivity index (χ1v) is 7.78. The molecule has 1 aliphatic carbocycles. The van der Waals surface area contributed by atoms with Gasteiger partial charge in [0, 0.05) is 26.9 Å². The minimum absolute atomic E-state index is 0.0459. The van der Waals surface area contributed by atoms with E-state index in [1.54, 1.807) is 32.5 Å². The Morgan fingerprint density at radius 2 is 2.36 bits per heavy atom. The molecule has 1 saturated heterocycles. The fourth-order valence-electron chi connectivity index (χ4n) is 3.85. The third-order valence-corrected chi connectivity index (χ3v) is 5.10. The number of nitrogens with one attached hydrogen (secondary N) is 1. The van der Waals surface area contributed by atoms with Gasteiger partial charge in [0.15, 0.2) is 0 Å². The number of likely N-dealkylation sites (tertiary alicyclic amines) is 1. The summed E-state index contributed by atoms with van der Waals surface area (Å²) in [5.41, 5.74) is 0.258. The summed E-state index contributed by atoms with van der Waals surface area (Å²) in [6, 6.07) is 3.48. The van der Waals surface area contributed by atoms with E-state index in [2.05, 4.69) is 10.3 Å². The maximum Gasteiger partial charge on any atom is 0.257 e. The number of methoxy groups -OCH3 is 1. The monoisotopic (exact) mass is 305 g/mol. The Morgan fingerprint density at radius 3 is 3.09 bits per heavy atom. The Labute approximate surface area is 130 Å². The van der Waals surface area contributed by atoms with E-state index in [0.717, 1.165) is 19.3 Å². The van der Waals surface area contributed by atoms with Crippen LogP contribution in [0.25, 0.3) is 0 Å². The van der Waals surface area contributed by atoms with Gasteiger partial charge < -0.3 is 20.1 Å². The maximum absolute atomic E-state index is 13.0. The van der Waals surface area contributed by atoms with Gasteiger partial charge >= 0.3 is 0 Å². The van der Waals surface area contributed by atoms with Crippen LogP contribution < -0.4 is 5.32 Å². The summed E-state index contributed by atoms with van der Waals surface area (Å²) < 4.78 is 5.79. The van der Waals surface area contributed by atoms with E-state index in [1.165, 1.54) is 0 Å². The van der Waals surface area contributed by atoms with Crippen LogP contribution in [-0.2, 0) is 4.74 Å².